The summed E-state index contributed by atoms with van der Waals surface area (Å²) in [4.78, 5) is 11.6. The molecule has 0 spiro atoms. The van der Waals surface area contributed by atoms with Gasteiger partial charge in [-0.1, -0.05) is 33.8 Å². The fourth-order valence-electron chi connectivity index (χ4n) is 1.38. The van der Waals surface area contributed by atoms with Crippen molar-refractivity contribution < 1.29 is 4.79 Å². The first-order chi connectivity index (χ1) is 8.54. The highest BCUT2D eigenvalue weighted by Gasteiger charge is 2.09. The van der Waals surface area contributed by atoms with Gasteiger partial charge in [-0.3, -0.25) is 4.79 Å². The van der Waals surface area contributed by atoms with Crippen molar-refractivity contribution in [3.8, 4) is 0 Å². The summed E-state index contributed by atoms with van der Waals surface area (Å²) >= 11 is 0. The standard InChI is InChI=1S/C13H20N2O.C2H6/c1-5-14-12-8-10(4)6-7-11(12)15-13(16)9(2)3;1-2/h6-9,14H,5H2,1-4H3,(H,15,16);1-2H3. The summed E-state index contributed by atoms with van der Waals surface area (Å²) in [6, 6.07) is 5.98. The van der Waals surface area contributed by atoms with Crippen molar-refractivity contribution >= 4 is 17.3 Å². The maximum absolute atomic E-state index is 11.6. The SMILES string of the molecule is CC.CCNc1cc(C)ccc1NC(=O)C(C)C. The van der Waals surface area contributed by atoms with Crippen LogP contribution in [-0.2, 0) is 4.79 Å². The van der Waals surface area contributed by atoms with Crippen LogP contribution in [0.2, 0.25) is 0 Å². The van der Waals surface area contributed by atoms with Crippen LogP contribution in [0.5, 0.6) is 0 Å². The molecule has 0 saturated heterocycles. The lowest BCUT2D eigenvalue weighted by atomic mass is 10.1. The first kappa shape index (κ1) is 16.5. The van der Waals surface area contributed by atoms with E-state index in [1.807, 2.05) is 59.7 Å². The molecule has 0 radical (unpaired) electrons. The lowest BCUT2D eigenvalue weighted by Gasteiger charge is -2.14. The van der Waals surface area contributed by atoms with Crippen LogP contribution in [0.3, 0.4) is 0 Å². The first-order valence-corrected chi connectivity index (χ1v) is 6.70. The van der Waals surface area contributed by atoms with Gasteiger partial charge in [0.05, 0.1) is 11.4 Å². The molecule has 0 aliphatic rings. The Labute approximate surface area is 111 Å². The molecule has 3 nitrogen and oxygen atoms in total. The Hall–Kier alpha value is -1.51. The van der Waals surface area contributed by atoms with Gasteiger partial charge in [0, 0.05) is 12.5 Å². The monoisotopic (exact) mass is 250 g/mol. The third kappa shape index (κ3) is 5.21. The highest BCUT2D eigenvalue weighted by molar-refractivity contribution is 5.95. The summed E-state index contributed by atoms with van der Waals surface area (Å²) in [5.41, 5.74) is 3.01. The van der Waals surface area contributed by atoms with E-state index in [1.54, 1.807) is 0 Å². The highest BCUT2D eigenvalue weighted by atomic mass is 16.1. The van der Waals surface area contributed by atoms with Gasteiger partial charge in [-0.15, -0.1) is 0 Å². The topological polar surface area (TPSA) is 41.1 Å². The molecular formula is C15H26N2O. The minimum Gasteiger partial charge on any atom is -0.384 e. The molecular weight excluding hydrogens is 224 g/mol. The zero-order valence-corrected chi connectivity index (χ0v) is 12.4. The lowest BCUT2D eigenvalue weighted by molar-refractivity contribution is -0.118. The molecule has 0 unspecified atom stereocenters. The second-order valence-corrected chi connectivity index (χ2v) is 4.22. The lowest BCUT2D eigenvalue weighted by Crippen LogP contribution is -2.18. The van der Waals surface area contributed by atoms with Gasteiger partial charge >= 0.3 is 0 Å². The summed E-state index contributed by atoms with van der Waals surface area (Å²) in [6.07, 6.45) is 0. The molecule has 0 aliphatic heterocycles. The van der Waals surface area contributed by atoms with Crippen molar-refractivity contribution in [1.82, 2.24) is 0 Å². The minimum absolute atomic E-state index is 0.00391. The molecule has 3 heteroatoms. The second kappa shape index (κ2) is 8.56. The van der Waals surface area contributed by atoms with E-state index in [-0.39, 0.29) is 11.8 Å². The van der Waals surface area contributed by atoms with Crippen LogP contribution in [0.25, 0.3) is 0 Å². The Bertz CT molecular complexity index is 373. The molecule has 0 atom stereocenters. The molecule has 0 aliphatic carbocycles. The fourth-order valence-corrected chi connectivity index (χ4v) is 1.38. The number of nitrogens with one attached hydrogen (secondary N) is 2. The van der Waals surface area contributed by atoms with Gasteiger partial charge in [0.15, 0.2) is 0 Å². The Morgan fingerprint density at radius 2 is 1.83 bits per heavy atom. The number of anilines is 2. The van der Waals surface area contributed by atoms with Crippen LogP contribution in [0.15, 0.2) is 18.2 Å². The zero-order chi connectivity index (χ0) is 14.1. The summed E-state index contributed by atoms with van der Waals surface area (Å²) < 4.78 is 0. The zero-order valence-electron chi connectivity index (χ0n) is 12.4. The number of carbonyl (C=O) groups excluding carboxylic acids is 1. The van der Waals surface area contributed by atoms with E-state index in [9.17, 15) is 4.79 Å². The van der Waals surface area contributed by atoms with Crippen LogP contribution in [0.1, 0.15) is 40.2 Å². The number of hydrogen-bond donors (Lipinski definition) is 2. The van der Waals surface area contributed by atoms with E-state index < -0.39 is 0 Å². The molecule has 0 bridgehead atoms. The van der Waals surface area contributed by atoms with Gasteiger partial charge in [-0.05, 0) is 31.5 Å². The van der Waals surface area contributed by atoms with Crippen LogP contribution in [0.4, 0.5) is 11.4 Å². The third-order valence-electron chi connectivity index (χ3n) is 2.32. The van der Waals surface area contributed by atoms with Gasteiger partial charge in [0.1, 0.15) is 0 Å². The molecule has 1 rings (SSSR count). The van der Waals surface area contributed by atoms with Crippen molar-refractivity contribution in [2.75, 3.05) is 17.2 Å². The van der Waals surface area contributed by atoms with Gasteiger partial charge in [-0.2, -0.15) is 0 Å². The summed E-state index contributed by atoms with van der Waals surface area (Å²) in [5, 5.41) is 6.17. The van der Waals surface area contributed by atoms with E-state index in [1.165, 1.54) is 5.56 Å². The molecule has 102 valence electrons. The highest BCUT2D eigenvalue weighted by Crippen LogP contribution is 2.23. The Kier molecular flexibility index (Phi) is 7.84. The van der Waals surface area contributed by atoms with Crippen LogP contribution in [0, 0.1) is 12.8 Å². The quantitative estimate of drug-likeness (QED) is 0.846. The number of amides is 1. The first-order valence-electron chi connectivity index (χ1n) is 6.70. The average molecular weight is 250 g/mol. The maximum atomic E-state index is 11.6. The minimum atomic E-state index is -0.00391. The molecule has 0 heterocycles. The van der Waals surface area contributed by atoms with Crippen molar-refractivity contribution in [1.29, 1.82) is 0 Å². The van der Waals surface area contributed by atoms with E-state index >= 15 is 0 Å². The molecule has 0 aromatic heterocycles. The van der Waals surface area contributed by atoms with Gasteiger partial charge in [0.25, 0.3) is 0 Å². The van der Waals surface area contributed by atoms with Gasteiger partial charge in [0.2, 0.25) is 5.91 Å². The second-order valence-electron chi connectivity index (χ2n) is 4.22. The Balaban J connectivity index is 0.00000137. The Morgan fingerprint density at radius 1 is 1.22 bits per heavy atom. The number of benzene rings is 1. The van der Waals surface area contributed by atoms with Crippen molar-refractivity contribution in [2.45, 2.75) is 41.5 Å². The normalized spacial score (nSPS) is 9.50. The molecule has 1 aromatic carbocycles. The van der Waals surface area contributed by atoms with E-state index in [0.717, 1.165) is 17.9 Å². The molecule has 0 saturated carbocycles. The largest absolute Gasteiger partial charge is 0.384 e. The number of aryl methyl sites for hydroxylation is 1. The molecule has 0 fully saturated rings. The maximum Gasteiger partial charge on any atom is 0.226 e. The average Bonchev–Trinajstić information content (AvgIpc) is 2.35. The molecule has 18 heavy (non-hydrogen) atoms. The fraction of sp³-hybridized carbons (Fsp3) is 0.533. The third-order valence-corrected chi connectivity index (χ3v) is 2.32. The van der Waals surface area contributed by atoms with Crippen LogP contribution in [-0.4, -0.2) is 12.5 Å². The number of rotatable bonds is 4. The van der Waals surface area contributed by atoms with E-state index in [2.05, 4.69) is 10.6 Å². The van der Waals surface area contributed by atoms with E-state index in [4.69, 9.17) is 0 Å². The summed E-state index contributed by atoms with van der Waals surface area (Å²) in [7, 11) is 0. The molecule has 1 aromatic rings. The predicted octanol–water partition coefficient (Wildman–Crippen LogP) is 4.05. The van der Waals surface area contributed by atoms with Gasteiger partial charge < -0.3 is 10.6 Å². The van der Waals surface area contributed by atoms with Crippen molar-refractivity contribution in [3.05, 3.63) is 23.8 Å². The summed E-state index contributed by atoms with van der Waals surface area (Å²) in [6.45, 7) is 12.7. The van der Waals surface area contributed by atoms with E-state index in [0.29, 0.717) is 0 Å². The number of hydrogen-bond acceptors (Lipinski definition) is 2. The number of carbonyl (C=O) groups is 1. The van der Waals surface area contributed by atoms with Crippen molar-refractivity contribution in [3.63, 3.8) is 0 Å². The van der Waals surface area contributed by atoms with Crippen LogP contribution < -0.4 is 10.6 Å². The smallest absolute Gasteiger partial charge is 0.226 e. The predicted molar refractivity (Wildman–Crippen MR) is 80.2 cm³/mol. The Morgan fingerprint density at radius 3 is 2.33 bits per heavy atom. The molecule has 1 amide bonds. The van der Waals surface area contributed by atoms with Crippen molar-refractivity contribution in [2.24, 2.45) is 5.92 Å². The van der Waals surface area contributed by atoms with Crippen LogP contribution >= 0.6 is 0 Å². The molecule has 2 N–H and O–H groups in total. The van der Waals surface area contributed by atoms with Gasteiger partial charge in [-0.25, -0.2) is 0 Å². The summed E-state index contributed by atoms with van der Waals surface area (Å²) in [5.74, 6) is 0.0405.